The van der Waals surface area contributed by atoms with Gasteiger partial charge in [-0.05, 0) is 56.7 Å². The SMILES string of the molecule is Cc1cc(C)cc(C(=O)N2CCCC(C(=O)NCCCNC(=O)c3cccs3)C2)c1. The molecule has 2 heterocycles. The van der Waals surface area contributed by atoms with Crippen LogP contribution < -0.4 is 10.6 Å². The highest BCUT2D eigenvalue weighted by atomic mass is 32.1. The van der Waals surface area contributed by atoms with Crippen molar-refractivity contribution in [2.75, 3.05) is 26.2 Å². The molecule has 30 heavy (non-hydrogen) atoms. The molecule has 6 nitrogen and oxygen atoms in total. The van der Waals surface area contributed by atoms with Crippen molar-refractivity contribution < 1.29 is 14.4 Å². The van der Waals surface area contributed by atoms with Crippen LogP contribution in [0.4, 0.5) is 0 Å². The summed E-state index contributed by atoms with van der Waals surface area (Å²) < 4.78 is 0. The van der Waals surface area contributed by atoms with E-state index < -0.39 is 0 Å². The van der Waals surface area contributed by atoms with Crippen molar-refractivity contribution in [3.63, 3.8) is 0 Å². The van der Waals surface area contributed by atoms with Crippen molar-refractivity contribution in [1.29, 1.82) is 0 Å². The summed E-state index contributed by atoms with van der Waals surface area (Å²) in [6.07, 6.45) is 2.28. The molecule has 1 aliphatic rings. The fourth-order valence-corrected chi connectivity index (χ4v) is 4.44. The van der Waals surface area contributed by atoms with Crippen LogP contribution in [0.25, 0.3) is 0 Å². The number of aryl methyl sites for hydroxylation is 2. The number of amides is 3. The third-order valence-electron chi connectivity index (χ3n) is 5.23. The number of nitrogens with one attached hydrogen (secondary N) is 2. The van der Waals surface area contributed by atoms with Gasteiger partial charge in [0.1, 0.15) is 0 Å². The van der Waals surface area contributed by atoms with Crippen molar-refractivity contribution in [3.8, 4) is 0 Å². The number of likely N-dealkylation sites (tertiary alicyclic amines) is 1. The Labute approximate surface area is 181 Å². The maximum Gasteiger partial charge on any atom is 0.261 e. The lowest BCUT2D eigenvalue weighted by molar-refractivity contribution is -0.126. The Morgan fingerprint density at radius 2 is 1.83 bits per heavy atom. The summed E-state index contributed by atoms with van der Waals surface area (Å²) in [7, 11) is 0. The molecule has 1 atom stereocenters. The first-order valence-electron chi connectivity index (χ1n) is 10.4. The van der Waals surface area contributed by atoms with E-state index >= 15 is 0 Å². The Morgan fingerprint density at radius 1 is 1.10 bits per heavy atom. The lowest BCUT2D eigenvalue weighted by Gasteiger charge is -2.32. The summed E-state index contributed by atoms with van der Waals surface area (Å²) in [6.45, 7) is 6.12. The van der Waals surface area contributed by atoms with Crippen molar-refractivity contribution >= 4 is 29.1 Å². The van der Waals surface area contributed by atoms with Crippen LogP contribution in [-0.2, 0) is 4.79 Å². The van der Waals surface area contributed by atoms with Gasteiger partial charge in [-0.1, -0.05) is 23.3 Å². The van der Waals surface area contributed by atoms with Crippen LogP contribution in [0.2, 0.25) is 0 Å². The highest BCUT2D eigenvalue weighted by molar-refractivity contribution is 7.12. The van der Waals surface area contributed by atoms with Crippen molar-refractivity contribution in [1.82, 2.24) is 15.5 Å². The summed E-state index contributed by atoms with van der Waals surface area (Å²) >= 11 is 1.41. The smallest absolute Gasteiger partial charge is 0.261 e. The second-order valence-corrected chi connectivity index (χ2v) is 8.79. The third-order valence-corrected chi connectivity index (χ3v) is 6.10. The van der Waals surface area contributed by atoms with E-state index in [4.69, 9.17) is 0 Å². The molecule has 0 bridgehead atoms. The van der Waals surface area contributed by atoms with Gasteiger partial charge in [-0.15, -0.1) is 11.3 Å². The molecule has 2 N–H and O–H groups in total. The monoisotopic (exact) mass is 427 g/mol. The van der Waals surface area contributed by atoms with E-state index in [1.165, 1.54) is 11.3 Å². The van der Waals surface area contributed by atoms with E-state index in [0.717, 1.165) is 24.0 Å². The molecule has 2 aromatic rings. The minimum absolute atomic E-state index is 0.00408. The van der Waals surface area contributed by atoms with Gasteiger partial charge >= 0.3 is 0 Å². The van der Waals surface area contributed by atoms with Gasteiger partial charge in [0.05, 0.1) is 10.8 Å². The summed E-state index contributed by atoms with van der Waals surface area (Å²) in [5.74, 6) is -0.286. The maximum absolute atomic E-state index is 12.9. The standard InChI is InChI=1S/C23H29N3O3S/c1-16-12-17(2)14-19(13-16)23(29)26-10-3-6-18(15-26)21(27)24-8-5-9-25-22(28)20-7-4-11-30-20/h4,7,11-14,18H,3,5-6,8-10,15H2,1-2H3,(H,24,27)(H,25,28). The average molecular weight is 428 g/mol. The minimum Gasteiger partial charge on any atom is -0.356 e. The second kappa shape index (κ2) is 10.4. The lowest BCUT2D eigenvalue weighted by atomic mass is 9.96. The number of carbonyl (C=O) groups excluding carboxylic acids is 3. The van der Waals surface area contributed by atoms with Crippen molar-refractivity contribution in [3.05, 3.63) is 57.3 Å². The molecule has 1 saturated heterocycles. The van der Waals surface area contributed by atoms with Crippen LogP contribution in [0.1, 0.15) is 50.4 Å². The van der Waals surface area contributed by atoms with Crippen LogP contribution in [-0.4, -0.2) is 48.8 Å². The minimum atomic E-state index is -0.186. The summed E-state index contributed by atoms with van der Waals surface area (Å²) in [5, 5.41) is 7.68. The molecule has 1 aliphatic heterocycles. The van der Waals surface area contributed by atoms with Gasteiger partial charge in [0.2, 0.25) is 5.91 Å². The van der Waals surface area contributed by atoms with Crippen LogP contribution in [0.3, 0.4) is 0 Å². The van der Waals surface area contributed by atoms with E-state index in [1.54, 1.807) is 11.0 Å². The van der Waals surface area contributed by atoms with Crippen molar-refractivity contribution in [2.45, 2.75) is 33.1 Å². The Bertz CT molecular complexity index is 875. The van der Waals surface area contributed by atoms with Crippen LogP contribution >= 0.6 is 11.3 Å². The van der Waals surface area contributed by atoms with E-state index in [9.17, 15) is 14.4 Å². The van der Waals surface area contributed by atoms with Crippen LogP contribution in [0, 0.1) is 19.8 Å². The van der Waals surface area contributed by atoms with E-state index in [-0.39, 0.29) is 23.6 Å². The molecule has 7 heteroatoms. The average Bonchev–Trinajstić information content (AvgIpc) is 3.27. The zero-order valence-electron chi connectivity index (χ0n) is 17.6. The summed E-state index contributed by atoms with van der Waals surface area (Å²) in [4.78, 5) is 39.8. The molecule has 160 valence electrons. The zero-order valence-corrected chi connectivity index (χ0v) is 18.4. The summed E-state index contributed by atoms with van der Waals surface area (Å²) in [6, 6.07) is 9.49. The number of benzene rings is 1. The molecule has 0 radical (unpaired) electrons. The predicted molar refractivity (Wildman–Crippen MR) is 119 cm³/mol. The number of piperidine rings is 1. The van der Waals surface area contributed by atoms with Crippen LogP contribution in [0.15, 0.2) is 35.7 Å². The van der Waals surface area contributed by atoms with E-state index in [1.807, 2.05) is 43.5 Å². The zero-order chi connectivity index (χ0) is 21.5. The molecule has 0 aliphatic carbocycles. The molecule has 1 fully saturated rings. The molecule has 3 amide bonds. The van der Waals surface area contributed by atoms with Crippen LogP contribution in [0.5, 0.6) is 0 Å². The number of hydrogen-bond donors (Lipinski definition) is 2. The second-order valence-electron chi connectivity index (χ2n) is 7.84. The van der Waals surface area contributed by atoms with Gasteiger partial charge < -0.3 is 15.5 Å². The Morgan fingerprint density at radius 3 is 2.53 bits per heavy atom. The number of carbonyl (C=O) groups is 3. The number of rotatable bonds is 7. The van der Waals surface area contributed by atoms with Gasteiger partial charge in [0.25, 0.3) is 11.8 Å². The predicted octanol–water partition coefficient (Wildman–Crippen LogP) is 3.15. The first kappa shape index (κ1) is 22.0. The van der Waals surface area contributed by atoms with Gasteiger partial charge in [-0.25, -0.2) is 0 Å². The Balaban J connectivity index is 1.42. The first-order chi connectivity index (χ1) is 14.4. The third kappa shape index (κ3) is 5.92. The summed E-state index contributed by atoms with van der Waals surface area (Å²) in [5.41, 5.74) is 2.82. The highest BCUT2D eigenvalue weighted by Gasteiger charge is 2.28. The van der Waals surface area contributed by atoms with Gasteiger partial charge in [-0.2, -0.15) is 0 Å². The first-order valence-corrected chi connectivity index (χ1v) is 11.3. The Hall–Kier alpha value is -2.67. The Kier molecular flexibility index (Phi) is 7.63. The number of nitrogens with zero attached hydrogens (tertiary/aromatic N) is 1. The largest absolute Gasteiger partial charge is 0.356 e. The maximum atomic E-state index is 12.9. The fraction of sp³-hybridized carbons (Fsp3) is 0.435. The van der Waals surface area contributed by atoms with Gasteiger partial charge in [0.15, 0.2) is 0 Å². The molecular formula is C23H29N3O3S. The van der Waals surface area contributed by atoms with Gasteiger partial charge in [-0.3, -0.25) is 14.4 Å². The molecule has 1 aromatic heterocycles. The van der Waals surface area contributed by atoms with E-state index in [0.29, 0.717) is 43.0 Å². The number of thiophene rings is 1. The fourth-order valence-electron chi connectivity index (χ4n) is 3.80. The number of hydrogen-bond acceptors (Lipinski definition) is 4. The normalized spacial score (nSPS) is 16.2. The highest BCUT2D eigenvalue weighted by Crippen LogP contribution is 2.20. The molecule has 0 saturated carbocycles. The van der Waals surface area contributed by atoms with Gasteiger partial charge in [0, 0.05) is 31.7 Å². The molecule has 1 aromatic carbocycles. The molecule has 1 unspecified atom stereocenters. The lowest BCUT2D eigenvalue weighted by Crippen LogP contribution is -2.45. The quantitative estimate of drug-likeness (QED) is 0.667. The molecule has 0 spiro atoms. The van der Waals surface area contributed by atoms with E-state index in [2.05, 4.69) is 10.6 Å². The van der Waals surface area contributed by atoms with Crippen molar-refractivity contribution in [2.24, 2.45) is 5.92 Å². The topological polar surface area (TPSA) is 78.5 Å². The molecule has 3 rings (SSSR count). The molecular weight excluding hydrogens is 398 g/mol.